The molecule has 0 spiro atoms. The van der Waals surface area contributed by atoms with Gasteiger partial charge in [0.05, 0.1) is 13.1 Å². The SMILES string of the molecule is CCCN1CC(=O)N(CCCC2CCCN2)CC1=O. The molecule has 1 atom stereocenters. The summed E-state index contributed by atoms with van der Waals surface area (Å²) in [4.78, 5) is 27.3. The van der Waals surface area contributed by atoms with Gasteiger partial charge < -0.3 is 15.1 Å². The molecule has 0 aromatic rings. The predicted octanol–water partition coefficient (Wildman–Crippen LogP) is 0.599. The van der Waals surface area contributed by atoms with Gasteiger partial charge in [0.1, 0.15) is 0 Å². The molecule has 0 bridgehead atoms. The van der Waals surface area contributed by atoms with Gasteiger partial charge in [-0.3, -0.25) is 9.59 Å². The Labute approximate surface area is 115 Å². The lowest BCUT2D eigenvalue weighted by molar-refractivity contribution is -0.150. The van der Waals surface area contributed by atoms with Crippen LogP contribution in [-0.2, 0) is 9.59 Å². The van der Waals surface area contributed by atoms with Crippen molar-refractivity contribution in [3.63, 3.8) is 0 Å². The Balaban J connectivity index is 1.72. The summed E-state index contributed by atoms with van der Waals surface area (Å²) in [7, 11) is 0. The Morgan fingerprint density at radius 2 is 1.84 bits per heavy atom. The summed E-state index contributed by atoms with van der Waals surface area (Å²) in [5.74, 6) is 0.202. The van der Waals surface area contributed by atoms with Gasteiger partial charge in [-0.2, -0.15) is 0 Å². The summed E-state index contributed by atoms with van der Waals surface area (Å²) < 4.78 is 0. The quantitative estimate of drug-likeness (QED) is 0.767. The molecule has 108 valence electrons. The number of piperazine rings is 1. The molecule has 0 radical (unpaired) electrons. The van der Waals surface area contributed by atoms with Crippen molar-refractivity contribution >= 4 is 11.8 Å². The highest BCUT2D eigenvalue weighted by atomic mass is 16.2. The average molecular weight is 267 g/mol. The second kappa shape index (κ2) is 6.89. The van der Waals surface area contributed by atoms with Gasteiger partial charge in [0.15, 0.2) is 0 Å². The van der Waals surface area contributed by atoms with Crippen LogP contribution in [0.5, 0.6) is 0 Å². The molecule has 2 aliphatic rings. The molecule has 2 rings (SSSR count). The lowest BCUT2D eigenvalue weighted by Crippen LogP contribution is -2.54. The third kappa shape index (κ3) is 3.93. The number of nitrogens with zero attached hydrogens (tertiary/aromatic N) is 2. The van der Waals surface area contributed by atoms with E-state index in [1.54, 1.807) is 9.80 Å². The first-order valence-electron chi connectivity index (χ1n) is 7.49. The van der Waals surface area contributed by atoms with Crippen LogP contribution in [-0.4, -0.2) is 60.4 Å². The molecule has 0 aromatic carbocycles. The topological polar surface area (TPSA) is 52.7 Å². The first kappa shape index (κ1) is 14.3. The summed E-state index contributed by atoms with van der Waals surface area (Å²) >= 11 is 0. The molecule has 0 aliphatic carbocycles. The zero-order chi connectivity index (χ0) is 13.7. The molecule has 2 amide bonds. The molecule has 5 heteroatoms. The Hall–Kier alpha value is -1.10. The number of carbonyl (C=O) groups excluding carboxylic acids is 2. The Morgan fingerprint density at radius 3 is 2.42 bits per heavy atom. The molecule has 0 saturated carbocycles. The highest BCUT2D eigenvalue weighted by Crippen LogP contribution is 2.12. The van der Waals surface area contributed by atoms with Crippen LogP contribution in [0.15, 0.2) is 0 Å². The lowest BCUT2D eigenvalue weighted by Gasteiger charge is -2.34. The highest BCUT2D eigenvalue weighted by molar-refractivity contribution is 5.92. The molecular weight excluding hydrogens is 242 g/mol. The third-order valence-corrected chi connectivity index (χ3v) is 3.99. The average Bonchev–Trinajstić information content (AvgIpc) is 2.88. The van der Waals surface area contributed by atoms with Crippen LogP contribution < -0.4 is 5.32 Å². The molecular formula is C14H25N3O2. The van der Waals surface area contributed by atoms with Crippen LogP contribution in [0.25, 0.3) is 0 Å². The maximum atomic E-state index is 12.0. The zero-order valence-electron chi connectivity index (χ0n) is 11.9. The molecule has 2 heterocycles. The molecule has 1 N–H and O–H groups in total. The van der Waals surface area contributed by atoms with E-state index in [2.05, 4.69) is 5.32 Å². The minimum absolute atomic E-state index is 0.0976. The third-order valence-electron chi connectivity index (χ3n) is 3.99. The Kier molecular flexibility index (Phi) is 5.19. The van der Waals surface area contributed by atoms with Crippen molar-refractivity contribution < 1.29 is 9.59 Å². The number of rotatable bonds is 6. The summed E-state index contributed by atoms with van der Waals surface area (Å²) in [5.41, 5.74) is 0. The fourth-order valence-corrected chi connectivity index (χ4v) is 2.91. The monoisotopic (exact) mass is 267 g/mol. The van der Waals surface area contributed by atoms with Crippen LogP contribution in [0.1, 0.15) is 39.0 Å². The van der Waals surface area contributed by atoms with Gasteiger partial charge in [0.2, 0.25) is 11.8 Å². The van der Waals surface area contributed by atoms with E-state index in [0.717, 1.165) is 32.4 Å². The molecule has 2 aliphatic heterocycles. The number of nitrogens with one attached hydrogen (secondary N) is 1. The summed E-state index contributed by atoms with van der Waals surface area (Å²) in [6, 6.07) is 0.618. The number of carbonyl (C=O) groups is 2. The van der Waals surface area contributed by atoms with Crippen LogP contribution in [0.2, 0.25) is 0 Å². The van der Waals surface area contributed by atoms with Crippen molar-refractivity contribution in [1.82, 2.24) is 15.1 Å². The number of amides is 2. The fourth-order valence-electron chi connectivity index (χ4n) is 2.91. The standard InChI is InChI=1S/C14H25N3O2/c1-2-8-16-10-14(19)17(11-13(16)18)9-4-6-12-5-3-7-15-12/h12,15H,2-11H2,1H3. The fraction of sp³-hybridized carbons (Fsp3) is 0.857. The summed E-state index contributed by atoms with van der Waals surface area (Å²) in [6.45, 7) is 5.12. The molecule has 5 nitrogen and oxygen atoms in total. The van der Waals surface area contributed by atoms with Crippen molar-refractivity contribution in [2.24, 2.45) is 0 Å². The number of hydrogen-bond donors (Lipinski definition) is 1. The second-order valence-corrected chi connectivity index (χ2v) is 5.57. The molecule has 2 saturated heterocycles. The van der Waals surface area contributed by atoms with E-state index in [0.29, 0.717) is 12.6 Å². The first-order valence-corrected chi connectivity index (χ1v) is 7.49. The van der Waals surface area contributed by atoms with Gasteiger partial charge in [-0.1, -0.05) is 6.92 Å². The normalized spacial score (nSPS) is 24.4. The van der Waals surface area contributed by atoms with Crippen molar-refractivity contribution in [1.29, 1.82) is 0 Å². The van der Waals surface area contributed by atoms with E-state index in [1.807, 2.05) is 6.92 Å². The van der Waals surface area contributed by atoms with Crippen molar-refractivity contribution in [3.8, 4) is 0 Å². The maximum absolute atomic E-state index is 12.0. The van der Waals surface area contributed by atoms with Crippen molar-refractivity contribution in [2.75, 3.05) is 32.7 Å². The van der Waals surface area contributed by atoms with Crippen LogP contribution >= 0.6 is 0 Å². The smallest absolute Gasteiger partial charge is 0.242 e. The second-order valence-electron chi connectivity index (χ2n) is 5.57. The van der Waals surface area contributed by atoms with Gasteiger partial charge in [0, 0.05) is 19.1 Å². The van der Waals surface area contributed by atoms with Crippen LogP contribution in [0.4, 0.5) is 0 Å². The summed E-state index contributed by atoms with van der Waals surface area (Å²) in [5, 5.41) is 3.46. The Morgan fingerprint density at radius 1 is 1.16 bits per heavy atom. The zero-order valence-corrected chi connectivity index (χ0v) is 11.9. The van der Waals surface area contributed by atoms with Crippen molar-refractivity contribution in [2.45, 2.75) is 45.1 Å². The predicted molar refractivity (Wildman–Crippen MR) is 73.7 cm³/mol. The first-order chi connectivity index (χ1) is 9.20. The van der Waals surface area contributed by atoms with E-state index >= 15 is 0 Å². The lowest BCUT2D eigenvalue weighted by atomic mass is 10.1. The van der Waals surface area contributed by atoms with Gasteiger partial charge in [-0.15, -0.1) is 0 Å². The van der Waals surface area contributed by atoms with Crippen molar-refractivity contribution in [3.05, 3.63) is 0 Å². The number of hydrogen-bond acceptors (Lipinski definition) is 3. The van der Waals surface area contributed by atoms with E-state index in [4.69, 9.17) is 0 Å². The van der Waals surface area contributed by atoms with E-state index in [1.165, 1.54) is 12.8 Å². The van der Waals surface area contributed by atoms with Crippen LogP contribution in [0.3, 0.4) is 0 Å². The van der Waals surface area contributed by atoms with Crippen LogP contribution in [0, 0.1) is 0 Å². The molecule has 2 fully saturated rings. The van der Waals surface area contributed by atoms with Gasteiger partial charge >= 0.3 is 0 Å². The van der Waals surface area contributed by atoms with E-state index in [-0.39, 0.29) is 24.9 Å². The van der Waals surface area contributed by atoms with E-state index < -0.39 is 0 Å². The van der Waals surface area contributed by atoms with E-state index in [9.17, 15) is 9.59 Å². The molecule has 19 heavy (non-hydrogen) atoms. The molecule has 1 unspecified atom stereocenters. The molecule has 0 aromatic heterocycles. The highest BCUT2D eigenvalue weighted by Gasteiger charge is 2.28. The summed E-state index contributed by atoms with van der Waals surface area (Å²) in [6.07, 6.45) is 5.52. The van der Waals surface area contributed by atoms with Gasteiger partial charge in [-0.25, -0.2) is 0 Å². The minimum Gasteiger partial charge on any atom is -0.332 e. The van der Waals surface area contributed by atoms with Gasteiger partial charge in [0.25, 0.3) is 0 Å². The largest absolute Gasteiger partial charge is 0.332 e. The minimum atomic E-state index is 0.0976. The Bertz CT molecular complexity index is 327. The maximum Gasteiger partial charge on any atom is 0.242 e. The van der Waals surface area contributed by atoms with Gasteiger partial charge in [-0.05, 0) is 38.6 Å².